The van der Waals surface area contributed by atoms with Crippen molar-refractivity contribution in [3.63, 3.8) is 0 Å². The summed E-state index contributed by atoms with van der Waals surface area (Å²) in [6, 6.07) is 6.88. The molecule has 4 aromatic rings. The molecule has 0 aliphatic carbocycles. The van der Waals surface area contributed by atoms with Crippen LogP contribution in [-0.4, -0.2) is 52.2 Å². The van der Waals surface area contributed by atoms with E-state index in [1.54, 1.807) is 18.2 Å². The summed E-state index contributed by atoms with van der Waals surface area (Å²) in [5, 5.41) is 4.70. The number of fused-ring (bicyclic) bond motifs is 4. The number of methoxy groups -OCH3 is 1. The Morgan fingerprint density at radius 3 is 2.64 bits per heavy atom. The van der Waals surface area contributed by atoms with Crippen LogP contribution < -0.4 is 20.7 Å². The molecule has 5 heterocycles. The Morgan fingerprint density at radius 1 is 1.09 bits per heavy atom. The third-order valence-electron chi connectivity index (χ3n) is 6.39. The molecule has 33 heavy (non-hydrogen) atoms. The number of nitrogens with two attached hydrogens (primary N) is 1. The van der Waals surface area contributed by atoms with Gasteiger partial charge in [0.25, 0.3) is 0 Å². The molecule has 0 spiro atoms. The molecule has 2 bridgehead atoms. The van der Waals surface area contributed by atoms with Crippen LogP contribution in [-0.2, 0) is 0 Å². The number of pyridine rings is 2. The topological polar surface area (TPSA) is 102 Å². The van der Waals surface area contributed by atoms with Gasteiger partial charge < -0.3 is 20.7 Å². The Hall–Kier alpha value is -3.66. The van der Waals surface area contributed by atoms with E-state index in [0.29, 0.717) is 28.7 Å². The Balaban J connectivity index is 1.57. The SMILES string of the molecule is COc1nc(N2CC3CCC(C2)N3)c2cnc(-c3nc(N)cc4cccc(F)c34)c(F)c2n1. The van der Waals surface area contributed by atoms with Crippen molar-refractivity contribution in [2.45, 2.75) is 24.9 Å². The number of nitrogens with zero attached hydrogens (tertiary/aromatic N) is 5. The fourth-order valence-electron chi connectivity index (χ4n) is 4.95. The molecular formula is C23H21F2N7O. The zero-order valence-corrected chi connectivity index (χ0v) is 17.8. The van der Waals surface area contributed by atoms with Crippen LogP contribution in [0, 0.1) is 11.6 Å². The van der Waals surface area contributed by atoms with Crippen molar-refractivity contribution >= 4 is 33.3 Å². The lowest BCUT2D eigenvalue weighted by atomic mass is 10.1. The summed E-state index contributed by atoms with van der Waals surface area (Å²) in [7, 11) is 1.44. The summed E-state index contributed by atoms with van der Waals surface area (Å²) < 4.78 is 35.9. The van der Waals surface area contributed by atoms with Gasteiger partial charge in [-0.15, -0.1) is 0 Å². The predicted octanol–water partition coefficient (Wildman–Crippen LogP) is 3.05. The number of benzene rings is 1. The van der Waals surface area contributed by atoms with E-state index in [4.69, 9.17) is 10.5 Å². The van der Waals surface area contributed by atoms with Crippen molar-refractivity contribution in [2.75, 3.05) is 30.8 Å². The van der Waals surface area contributed by atoms with Gasteiger partial charge in [0.2, 0.25) is 0 Å². The molecule has 8 nitrogen and oxygen atoms in total. The first-order valence-electron chi connectivity index (χ1n) is 10.8. The van der Waals surface area contributed by atoms with Crippen LogP contribution in [0.15, 0.2) is 30.5 Å². The zero-order chi connectivity index (χ0) is 22.7. The molecule has 0 radical (unpaired) electrons. The zero-order valence-electron chi connectivity index (χ0n) is 17.8. The van der Waals surface area contributed by atoms with E-state index < -0.39 is 11.6 Å². The first-order chi connectivity index (χ1) is 16.0. The molecule has 2 saturated heterocycles. The van der Waals surface area contributed by atoms with E-state index >= 15 is 4.39 Å². The van der Waals surface area contributed by atoms with Crippen molar-refractivity contribution in [3.05, 3.63) is 42.1 Å². The predicted molar refractivity (Wildman–Crippen MR) is 121 cm³/mol. The second-order valence-electron chi connectivity index (χ2n) is 8.49. The highest BCUT2D eigenvalue weighted by atomic mass is 19.1. The first-order valence-corrected chi connectivity index (χ1v) is 10.8. The number of nitrogens with one attached hydrogen (secondary N) is 1. The standard InChI is InChI=1S/C23H21F2N7O/c1-33-23-30-19-14(22(31-23)32-9-12-5-6-13(10-32)28-12)8-27-21(18(19)25)20-17-11(7-16(26)29-20)3-2-4-15(17)24/h2-4,7-8,12-13,28H,5-6,9-10H2,1H3,(H2,26,29). The number of halogens is 2. The van der Waals surface area contributed by atoms with Gasteiger partial charge in [0, 0.05) is 36.8 Å². The molecule has 2 aliphatic heterocycles. The molecule has 0 saturated carbocycles. The lowest BCUT2D eigenvalue weighted by molar-refractivity contribution is 0.380. The number of rotatable bonds is 3. The first kappa shape index (κ1) is 20.0. The number of nitrogen functional groups attached to an aromatic ring is 1. The molecule has 3 N–H and O–H groups in total. The second kappa shape index (κ2) is 7.45. The van der Waals surface area contributed by atoms with Gasteiger partial charge in [0.15, 0.2) is 5.82 Å². The maximum Gasteiger partial charge on any atom is 0.318 e. The van der Waals surface area contributed by atoms with Crippen LogP contribution in [0.2, 0.25) is 0 Å². The highest BCUT2D eigenvalue weighted by molar-refractivity contribution is 5.98. The maximum atomic E-state index is 15.9. The largest absolute Gasteiger partial charge is 0.467 e. The average Bonchev–Trinajstić information content (AvgIpc) is 3.15. The molecule has 2 unspecified atom stereocenters. The van der Waals surface area contributed by atoms with Gasteiger partial charge in [0.05, 0.1) is 12.5 Å². The minimum Gasteiger partial charge on any atom is -0.467 e. The fraction of sp³-hybridized carbons (Fsp3) is 0.304. The summed E-state index contributed by atoms with van der Waals surface area (Å²) in [6.45, 7) is 1.50. The number of aromatic nitrogens is 4. The Bertz CT molecular complexity index is 1400. The van der Waals surface area contributed by atoms with Gasteiger partial charge in [-0.3, -0.25) is 4.98 Å². The number of hydrogen-bond acceptors (Lipinski definition) is 8. The van der Waals surface area contributed by atoms with Crippen molar-refractivity contribution in [3.8, 4) is 17.4 Å². The van der Waals surface area contributed by atoms with Gasteiger partial charge >= 0.3 is 6.01 Å². The molecular weight excluding hydrogens is 428 g/mol. The number of ether oxygens (including phenoxy) is 1. The summed E-state index contributed by atoms with van der Waals surface area (Å²) in [4.78, 5) is 19.5. The Labute approximate surface area is 187 Å². The van der Waals surface area contributed by atoms with Crippen LogP contribution in [0.4, 0.5) is 20.4 Å². The molecule has 168 valence electrons. The smallest absolute Gasteiger partial charge is 0.318 e. The summed E-state index contributed by atoms with van der Waals surface area (Å²) in [6.07, 6.45) is 3.71. The quantitative estimate of drug-likeness (QED) is 0.492. The second-order valence-corrected chi connectivity index (χ2v) is 8.49. The van der Waals surface area contributed by atoms with Crippen LogP contribution in [0.3, 0.4) is 0 Å². The molecule has 10 heteroatoms. The van der Waals surface area contributed by atoms with Gasteiger partial charge in [0.1, 0.15) is 34.4 Å². The van der Waals surface area contributed by atoms with Crippen LogP contribution in [0.25, 0.3) is 33.1 Å². The van der Waals surface area contributed by atoms with E-state index in [-0.39, 0.29) is 34.1 Å². The van der Waals surface area contributed by atoms with Crippen molar-refractivity contribution in [2.24, 2.45) is 0 Å². The molecule has 1 aromatic carbocycles. The number of hydrogen-bond donors (Lipinski definition) is 2. The number of anilines is 2. The van der Waals surface area contributed by atoms with Gasteiger partial charge in [-0.25, -0.2) is 13.8 Å². The molecule has 6 rings (SSSR count). The van der Waals surface area contributed by atoms with E-state index in [1.165, 1.54) is 19.4 Å². The molecule has 2 aliphatic rings. The lowest BCUT2D eigenvalue weighted by Gasteiger charge is -2.34. The average molecular weight is 449 g/mol. The van der Waals surface area contributed by atoms with Crippen LogP contribution in [0.5, 0.6) is 6.01 Å². The minimum atomic E-state index is -0.727. The highest BCUT2D eigenvalue weighted by Crippen LogP contribution is 2.36. The molecule has 3 aromatic heterocycles. The third kappa shape index (κ3) is 3.20. The summed E-state index contributed by atoms with van der Waals surface area (Å²) in [5.74, 6) is -0.546. The molecule has 2 atom stereocenters. The van der Waals surface area contributed by atoms with Crippen molar-refractivity contribution in [1.29, 1.82) is 0 Å². The third-order valence-corrected chi connectivity index (χ3v) is 6.39. The van der Waals surface area contributed by atoms with E-state index in [0.717, 1.165) is 25.9 Å². The van der Waals surface area contributed by atoms with Crippen molar-refractivity contribution in [1.82, 2.24) is 25.3 Å². The summed E-state index contributed by atoms with van der Waals surface area (Å²) >= 11 is 0. The molecule has 0 amide bonds. The van der Waals surface area contributed by atoms with E-state index in [2.05, 4.69) is 30.2 Å². The highest BCUT2D eigenvalue weighted by Gasteiger charge is 2.34. The van der Waals surface area contributed by atoms with Crippen molar-refractivity contribution < 1.29 is 13.5 Å². The molecule has 2 fully saturated rings. The Kier molecular flexibility index (Phi) is 4.51. The fourth-order valence-corrected chi connectivity index (χ4v) is 4.95. The monoisotopic (exact) mass is 449 g/mol. The van der Waals surface area contributed by atoms with E-state index in [1.807, 2.05) is 0 Å². The van der Waals surface area contributed by atoms with Gasteiger partial charge in [-0.2, -0.15) is 9.97 Å². The lowest BCUT2D eigenvalue weighted by Crippen LogP contribution is -2.51. The normalized spacial score (nSPS) is 20.0. The minimum absolute atomic E-state index is 0.0295. The maximum absolute atomic E-state index is 15.9. The van der Waals surface area contributed by atoms with Crippen LogP contribution >= 0.6 is 0 Å². The Morgan fingerprint density at radius 2 is 1.88 bits per heavy atom. The summed E-state index contributed by atoms with van der Waals surface area (Å²) in [5.41, 5.74) is 5.88. The van der Waals surface area contributed by atoms with Gasteiger partial charge in [-0.05, 0) is 30.4 Å². The van der Waals surface area contributed by atoms with Crippen LogP contribution in [0.1, 0.15) is 12.8 Å². The van der Waals surface area contributed by atoms with Gasteiger partial charge in [-0.1, -0.05) is 12.1 Å². The number of piperazine rings is 1. The van der Waals surface area contributed by atoms with E-state index in [9.17, 15) is 4.39 Å².